The lowest BCUT2D eigenvalue weighted by molar-refractivity contribution is -0.142. The normalized spacial score (nSPS) is 9.89. The van der Waals surface area contributed by atoms with Crippen LogP contribution in [0.3, 0.4) is 0 Å². The first kappa shape index (κ1) is 13.1. The van der Waals surface area contributed by atoms with Gasteiger partial charge in [0.2, 0.25) is 0 Å². The van der Waals surface area contributed by atoms with E-state index in [0.29, 0.717) is 19.6 Å². The molecule has 2 aromatic rings. The van der Waals surface area contributed by atoms with Gasteiger partial charge in [0.1, 0.15) is 12.4 Å². The molecule has 0 bridgehead atoms. The number of pyridine rings is 1. The molecule has 1 N–H and O–H groups in total. The second-order valence-corrected chi connectivity index (χ2v) is 4.02. The quantitative estimate of drug-likeness (QED) is 0.636. The van der Waals surface area contributed by atoms with E-state index in [2.05, 4.69) is 10.3 Å². The van der Waals surface area contributed by atoms with E-state index in [1.807, 2.05) is 48.5 Å². The van der Waals surface area contributed by atoms with Crippen LogP contribution in [-0.4, -0.2) is 24.1 Å². The Balaban J connectivity index is 1.65. The molecule has 0 fully saturated rings. The Hall–Kier alpha value is -2.36. The molecule has 4 nitrogen and oxygen atoms in total. The SMILES string of the molecule is O=C(Cc1ccccc1)OCCNc1ccccn1. The molecule has 0 saturated heterocycles. The summed E-state index contributed by atoms with van der Waals surface area (Å²) in [6.45, 7) is 0.889. The summed E-state index contributed by atoms with van der Waals surface area (Å²) in [7, 11) is 0. The Morgan fingerprint density at radius 3 is 2.63 bits per heavy atom. The molecule has 19 heavy (non-hydrogen) atoms. The minimum absolute atomic E-state index is 0.214. The molecule has 0 amide bonds. The van der Waals surface area contributed by atoms with Crippen molar-refractivity contribution in [2.24, 2.45) is 0 Å². The van der Waals surface area contributed by atoms with Crippen molar-refractivity contribution in [1.29, 1.82) is 0 Å². The third kappa shape index (κ3) is 4.79. The number of benzene rings is 1. The van der Waals surface area contributed by atoms with Crippen molar-refractivity contribution in [3.8, 4) is 0 Å². The highest BCUT2D eigenvalue weighted by Gasteiger charge is 2.03. The number of nitrogens with one attached hydrogen (secondary N) is 1. The van der Waals surface area contributed by atoms with Gasteiger partial charge in [-0.25, -0.2) is 4.98 Å². The topological polar surface area (TPSA) is 51.2 Å². The van der Waals surface area contributed by atoms with Gasteiger partial charge in [0.15, 0.2) is 0 Å². The lowest BCUT2D eigenvalue weighted by Gasteiger charge is -2.06. The average molecular weight is 256 g/mol. The van der Waals surface area contributed by atoms with Crippen LogP contribution in [0.15, 0.2) is 54.7 Å². The smallest absolute Gasteiger partial charge is 0.310 e. The first-order valence-electron chi connectivity index (χ1n) is 6.19. The van der Waals surface area contributed by atoms with E-state index in [1.54, 1.807) is 6.20 Å². The van der Waals surface area contributed by atoms with Crippen LogP contribution in [0.1, 0.15) is 5.56 Å². The molecule has 2 rings (SSSR count). The number of hydrogen-bond acceptors (Lipinski definition) is 4. The zero-order chi connectivity index (χ0) is 13.3. The minimum Gasteiger partial charge on any atom is -0.464 e. The van der Waals surface area contributed by atoms with E-state index in [-0.39, 0.29) is 5.97 Å². The Morgan fingerprint density at radius 2 is 1.89 bits per heavy atom. The maximum Gasteiger partial charge on any atom is 0.310 e. The molecule has 1 heterocycles. The molecule has 1 aromatic carbocycles. The molecule has 0 saturated carbocycles. The Morgan fingerprint density at radius 1 is 1.11 bits per heavy atom. The number of hydrogen-bond donors (Lipinski definition) is 1. The number of rotatable bonds is 6. The fraction of sp³-hybridized carbons (Fsp3) is 0.200. The lowest BCUT2D eigenvalue weighted by Crippen LogP contribution is -2.15. The summed E-state index contributed by atoms with van der Waals surface area (Å²) in [6.07, 6.45) is 2.02. The van der Waals surface area contributed by atoms with Crippen LogP contribution in [0.25, 0.3) is 0 Å². The molecule has 0 atom stereocenters. The van der Waals surface area contributed by atoms with Crippen molar-refractivity contribution in [2.45, 2.75) is 6.42 Å². The summed E-state index contributed by atoms with van der Waals surface area (Å²) in [5.41, 5.74) is 0.963. The van der Waals surface area contributed by atoms with E-state index in [9.17, 15) is 4.79 Å². The number of nitrogens with zero attached hydrogens (tertiary/aromatic N) is 1. The molecule has 0 spiro atoms. The van der Waals surface area contributed by atoms with Gasteiger partial charge in [0.05, 0.1) is 13.0 Å². The standard InChI is InChI=1S/C15H16N2O2/c18-15(12-13-6-2-1-3-7-13)19-11-10-17-14-8-4-5-9-16-14/h1-9H,10-12H2,(H,16,17). The summed E-state index contributed by atoms with van der Waals surface area (Å²) < 4.78 is 5.14. The third-order valence-electron chi connectivity index (χ3n) is 2.53. The van der Waals surface area contributed by atoms with Crippen molar-refractivity contribution < 1.29 is 9.53 Å². The van der Waals surface area contributed by atoms with Crippen LogP contribution in [0.4, 0.5) is 5.82 Å². The summed E-state index contributed by atoms with van der Waals surface area (Å²) in [6, 6.07) is 15.2. The van der Waals surface area contributed by atoms with Crippen LogP contribution in [-0.2, 0) is 16.0 Å². The maximum atomic E-state index is 11.6. The highest BCUT2D eigenvalue weighted by atomic mass is 16.5. The lowest BCUT2D eigenvalue weighted by atomic mass is 10.2. The predicted molar refractivity (Wildman–Crippen MR) is 73.8 cm³/mol. The molecule has 98 valence electrons. The largest absolute Gasteiger partial charge is 0.464 e. The summed E-state index contributed by atoms with van der Waals surface area (Å²) in [4.78, 5) is 15.7. The van der Waals surface area contributed by atoms with Gasteiger partial charge < -0.3 is 10.1 Å². The molecule has 0 aliphatic heterocycles. The highest BCUT2D eigenvalue weighted by molar-refractivity contribution is 5.72. The first-order chi connectivity index (χ1) is 9.34. The van der Waals surface area contributed by atoms with Crippen molar-refractivity contribution in [2.75, 3.05) is 18.5 Å². The van der Waals surface area contributed by atoms with Gasteiger partial charge in [-0.05, 0) is 17.7 Å². The third-order valence-corrected chi connectivity index (χ3v) is 2.53. The van der Waals surface area contributed by atoms with E-state index in [1.165, 1.54) is 0 Å². The number of carbonyl (C=O) groups excluding carboxylic acids is 1. The molecule has 0 unspecified atom stereocenters. The van der Waals surface area contributed by atoms with Crippen molar-refractivity contribution >= 4 is 11.8 Å². The highest BCUT2D eigenvalue weighted by Crippen LogP contribution is 2.01. The van der Waals surface area contributed by atoms with Gasteiger partial charge in [-0.2, -0.15) is 0 Å². The predicted octanol–water partition coefficient (Wildman–Crippen LogP) is 2.28. The Labute approximate surface area is 112 Å². The summed E-state index contributed by atoms with van der Waals surface area (Å²) >= 11 is 0. The van der Waals surface area contributed by atoms with Crippen molar-refractivity contribution in [1.82, 2.24) is 4.98 Å². The van der Waals surface area contributed by atoms with E-state index in [4.69, 9.17) is 4.74 Å². The monoisotopic (exact) mass is 256 g/mol. The molecular weight excluding hydrogens is 240 g/mol. The van der Waals surface area contributed by atoms with Gasteiger partial charge in [0, 0.05) is 6.20 Å². The summed E-state index contributed by atoms with van der Waals surface area (Å²) in [5.74, 6) is 0.565. The maximum absolute atomic E-state index is 11.6. The number of aromatic nitrogens is 1. The van der Waals surface area contributed by atoms with Gasteiger partial charge in [-0.1, -0.05) is 36.4 Å². The van der Waals surface area contributed by atoms with Crippen molar-refractivity contribution in [3.05, 3.63) is 60.3 Å². The molecular formula is C15H16N2O2. The number of anilines is 1. The molecule has 0 radical (unpaired) electrons. The zero-order valence-corrected chi connectivity index (χ0v) is 10.6. The second kappa shape index (κ2) is 7.16. The fourth-order valence-electron chi connectivity index (χ4n) is 1.62. The molecule has 0 aliphatic rings. The number of esters is 1. The Bertz CT molecular complexity index is 500. The average Bonchev–Trinajstić information content (AvgIpc) is 2.46. The number of ether oxygens (including phenoxy) is 1. The Kier molecular flexibility index (Phi) is 4.93. The van der Waals surface area contributed by atoms with E-state index < -0.39 is 0 Å². The van der Waals surface area contributed by atoms with Crippen molar-refractivity contribution in [3.63, 3.8) is 0 Å². The second-order valence-electron chi connectivity index (χ2n) is 4.02. The van der Waals surface area contributed by atoms with Crippen LogP contribution in [0.2, 0.25) is 0 Å². The molecule has 4 heteroatoms. The van der Waals surface area contributed by atoms with Crippen LogP contribution >= 0.6 is 0 Å². The van der Waals surface area contributed by atoms with E-state index >= 15 is 0 Å². The first-order valence-corrected chi connectivity index (χ1v) is 6.19. The van der Waals surface area contributed by atoms with Gasteiger partial charge in [-0.3, -0.25) is 4.79 Å². The molecule has 0 aliphatic carbocycles. The minimum atomic E-state index is -0.214. The zero-order valence-electron chi connectivity index (χ0n) is 10.6. The summed E-state index contributed by atoms with van der Waals surface area (Å²) in [5, 5.41) is 3.08. The van der Waals surface area contributed by atoms with Crippen LogP contribution < -0.4 is 5.32 Å². The van der Waals surface area contributed by atoms with E-state index in [0.717, 1.165) is 11.4 Å². The molecule has 1 aromatic heterocycles. The van der Waals surface area contributed by atoms with Crippen LogP contribution in [0, 0.1) is 0 Å². The van der Waals surface area contributed by atoms with Gasteiger partial charge in [0.25, 0.3) is 0 Å². The van der Waals surface area contributed by atoms with Crippen LogP contribution in [0.5, 0.6) is 0 Å². The van der Waals surface area contributed by atoms with Gasteiger partial charge >= 0.3 is 5.97 Å². The van der Waals surface area contributed by atoms with Gasteiger partial charge in [-0.15, -0.1) is 0 Å². The number of carbonyl (C=O) groups is 1. The fourth-order valence-corrected chi connectivity index (χ4v) is 1.62.